The third-order valence-electron chi connectivity index (χ3n) is 3.95. The second-order valence-electron chi connectivity index (χ2n) is 6.86. The van der Waals surface area contributed by atoms with Crippen molar-refractivity contribution in [1.29, 1.82) is 0 Å². The van der Waals surface area contributed by atoms with Gasteiger partial charge in [0.25, 0.3) is 0 Å². The van der Waals surface area contributed by atoms with Crippen molar-refractivity contribution in [1.82, 2.24) is 10.2 Å². The topological polar surface area (TPSA) is 15.3 Å². The smallest absolute Gasteiger partial charge is 0.310 e. The fourth-order valence-corrected chi connectivity index (χ4v) is 3.18. The average molecular weight is 294 g/mol. The van der Waals surface area contributed by atoms with Gasteiger partial charge in [0, 0.05) is 18.6 Å². The van der Waals surface area contributed by atoms with Gasteiger partial charge in [-0.1, -0.05) is 20.3 Å². The number of halogens is 3. The van der Waals surface area contributed by atoms with E-state index in [9.17, 15) is 13.2 Å². The highest BCUT2D eigenvalue weighted by atomic mass is 19.4. The summed E-state index contributed by atoms with van der Waals surface area (Å²) >= 11 is 0. The summed E-state index contributed by atoms with van der Waals surface area (Å²) in [5.41, 5.74) is 0. The van der Waals surface area contributed by atoms with E-state index in [2.05, 4.69) is 24.1 Å². The molecule has 0 bridgehead atoms. The molecule has 0 aromatic heterocycles. The summed E-state index contributed by atoms with van der Waals surface area (Å²) in [5.74, 6) is -0.567. The zero-order valence-electron chi connectivity index (χ0n) is 13.1. The van der Waals surface area contributed by atoms with Gasteiger partial charge in [0.05, 0.1) is 5.92 Å². The Morgan fingerprint density at radius 2 is 1.85 bits per heavy atom. The predicted octanol–water partition coefficient (Wildman–Crippen LogP) is 3.67. The summed E-state index contributed by atoms with van der Waals surface area (Å²) in [4.78, 5) is 2.10. The van der Waals surface area contributed by atoms with Crippen molar-refractivity contribution in [3.63, 3.8) is 0 Å². The molecule has 1 aliphatic rings. The first kappa shape index (κ1) is 17.8. The molecule has 0 heterocycles. The Kier molecular flexibility index (Phi) is 6.79. The third-order valence-corrected chi connectivity index (χ3v) is 3.95. The van der Waals surface area contributed by atoms with Crippen molar-refractivity contribution in [2.75, 3.05) is 20.6 Å². The molecule has 20 heavy (non-hydrogen) atoms. The molecule has 0 aliphatic heterocycles. The van der Waals surface area contributed by atoms with E-state index in [1.54, 1.807) is 0 Å². The molecule has 1 rings (SSSR count). The number of hydrogen-bond acceptors (Lipinski definition) is 2. The standard InChI is InChI=1S/C15H29F3N2/c1-11(2)8-14(10-20(3)4)19-13-7-5-6-12(9-13)15(16,17)18/h11-14,19H,5-10H2,1-4H3. The summed E-state index contributed by atoms with van der Waals surface area (Å²) in [6.45, 7) is 5.19. The molecule has 0 radical (unpaired) electrons. The lowest BCUT2D eigenvalue weighted by Gasteiger charge is -2.35. The Balaban J connectivity index is 2.54. The number of rotatable bonds is 6. The highest BCUT2D eigenvalue weighted by Crippen LogP contribution is 2.37. The number of nitrogens with zero attached hydrogens (tertiary/aromatic N) is 1. The average Bonchev–Trinajstić information content (AvgIpc) is 2.26. The molecule has 0 saturated heterocycles. The highest BCUT2D eigenvalue weighted by molar-refractivity contribution is 4.85. The molecule has 5 heteroatoms. The Morgan fingerprint density at radius 1 is 1.20 bits per heavy atom. The van der Waals surface area contributed by atoms with Crippen LogP contribution in [0.5, 0.6) is 0 Å². The molecule has 1 fully saturated rings. The van der Waals surface area contributed by atoms with E-state index in [1.165, 1.54) is 0 Å². The Hall–Kier alpha value is -0.290. The molecule has 0 amide bonds. The molecular weight excluding hydrogens is 265 g/mol. The predicted molar refractivity (Wildman–Crippen MR) is 76.7 cm³/mol. The normalized spacial score (nSPS) is 26.2. The fraction of sp³-hybridized carbons (Fsp3) is 1.00. The van der Waals surface area contributed by atoms with Crippen molar-refractivity contribution in [3.05, 3.63) is 0 Å². The van der Waals surface area contributed by atoms with Gasteiger partial charge in [0.15, 0.2) is 0 Å². The minimum absolute atomic E-state index is 0.0130. The van der Waals surface area contributed by atoms with E-state index in [1.807, 2.05) is 14.1 Å². The molecule has 1 aliphatic carbocycles. The number of alkyl halides is 3. The largest absolute Gasteiger partial charge is 0.391 e. The number of likely N-dealkylation sites (N-methyl/N-ethyl adjacent to an activating group) is 1. The van der Waals surface area contributed by atoms with Gasteiger partial charge in [-0.05, 0) is 45.7 Å². The van der Waals surface area contributed by atoms with Crippen LogP contribution in [-0.4, -0.2) is 43.8 Å². The zero-order chi connectivity index (χ0) is 15.3. The van der Waals surface area contributed by atoms with Crippen molar-refractivity contribution < 1.29 is 13.2 Å². The van der Waals surface area contributed by atoms with Gasteiger partial charge in [-0.25, -0.2) is 0 Å². The van der Waals surface area contributed by atoms with Gasteiger partial charge in [0.2, 0.25) is 0 Å². The summed E-state index contributed by atoms with van der Waals surface area (Å²) in [6.07, 6.45) is -0.941. The molecule has 0 spiro atoms. The van der Waals surface area contributed by atoms with Gasteiger partial charge >= 0.3 is 6.18 Å². The first-order valence-corrected chi connectivity index (χ1v) is 7.66. The lowest BCUT2D eigenvalue weighted by atomic mass is 9.84. The lowest BCUT2D eigenvalue weighted by Crippen LogP contribution is -2.47. The maximum Gasteiger partial charge on any atom is 0.391 e. The zero-order valence-corrected chi connectivity index (χ0v) is 13.1. The summed E-state index contributed by atoms with van der Waals surface area (Å²) < 4.78 is 38.5. The van der Waals surface area contributed by atoms with Crippen molar-refractivity contribution in [2.24, 2.45) is 11.8 Å². The van der Waals surface area contributed by atoms with E-state index in [0.29, 0.717) is 18.8 Å². The maximum absolute atomic E-state index is 12.8. The summed E-state index contributed by atoms with van der Waals surface area (Å²) in [6, 6.07) is 0.293. The molecule has 1 N–H and O–H groups in total. The van der Waals surface area contributed by atoms with Crippen LogP contribution in [0.15, 0.2) is 0 Å². The van der Waals surface area contributed by atoms with Crippen LogP contribution < -0.4 is 5.32 Å². The van der Waals surface area contributed by atoms with Crippen LogP contribution >= 0.6 is 0 Å². The van der Waals surface area contributed by atoms with Crippen LogP contribution in [0, 0.1) is 11.8 Å². The van der Waals surface area contributed by atoms with E-state index >= 15 is 0 Å². The minimum atomic E-state index is -4.03. The quantitative estimate of drug-likeness (QED) is 0.804. The summed E-state index contributed by atoms with van der Waals surface area (Å²) in [7, 11) is 4.02. The van der Waals surface area contributed by atoms with Crippen molar-refractivity contribution in [3.8, 4) is 0 Å². The van der Waals surface area contributed by atoms with E-state index in [0.717, 1.165) is 19.4 Å². The van der Waals surface area contributed by atoms with Gasteiger partial charge in [-0.15, -0.1) is 0 Å². The minimum Gasteiger partial charge on any atom is -0.310 e. The molecule has 0 aromatic carbocycles. The maximum atomic E-state index is 12.8. The van der Waals surface area contributed by atoms with Crippen LogP contribution in [-0.2, 0) is 0 Å². The van der Waals surface area contributed by atoms with Gasteiger partial charge in [0.1, 0.15) is 0 Å². The second-order valence-corrected chi connectivity index (χ2v) is 6.86. The second kappa shape index (κ2) is 7.64. The molecule has 0 aromatic rings. The Bertz CT molecular complexity index is 267. The van der Waals surface area contributed by atoms with Gasteiger partial charge < -0.3 is 10.2 Å². The van der Waals surface area contributed by atoms with Crippen LogP contribution in [0.3, 0.4) is 0 Å². The van der Waals surface area contributed by atoms with Gasteiger partial charge in [-0.2, -0.15) is 13.2 Å². The first-order chi connectivity index (χ1) is 9.18. The third kappa shape index (κ3) is 6.44. The van der Waals surface area contributed by atoms with Crippen LogP contribution in [0.4, 0.5) is 13.2 Å². The molecule has 120 valence electrons. The van der Waals surface area contributed by atoms with Crippen LogP contribution in [0.2, 0.25) is 0 Å². The van der Waals surface area contributed by atoms with Crippen molar-refractivity contribution >= 4 is 0 Å². The van der Waals surface area contributed by atoms with Crippen LogP contribution in [0.1, 0.15) is 46.0 Å². The molecule has 1 saturated carbocycles. The number of hydrogen-bond donors (Lipinski definition) is 1. The molecular formula is C15H29F3N2. The Labute approximate surface area is 121 Å². The van der Waals surface area contributed by atoms with E-state index < -0.39 is 12.1 Å². The molecule has 2 nitrogen and oxygen atoms in total. The van der Waals surface area contributed by atoms with E-state index in [-0.39, 0.29) is 18.5 Å². The number of nitrogens with one attached hydrogen (secondary N) is 1. The SMILES string of the molecule is CC(C)CC(CN(C)C)NC1CCCC(C(F)(F)F)C1. The van der Waals surface area contributed by atoms with E-state index in [4.69, 9.17) is 0 Å². The van der Waals surface area contributed by atoms with Crippen LogP contribution in [0.25, 0.3) is 0 Å². The Morgan fingerprint density at radius 3 is 2.35 bits per heavy atom. The molecule has 3 unspecified atom stereocenters. The fourth-order valence-electron chi connectivity index (χ4n) is 3.18. The molecule has 3 atom stereocenters. The summed E-state index contributed by atoms with van der Waals surface area (Å²) in [5, 5.41) is 3.48. The highest BCUT2D eigenvalue weighted by Gasteiger charge is 2.42. The van der Waals surface area contributed by atoms with Crippen molar-refractivity contribution in [2.45, 2.75) is 64.2 Å². The monoisotopic (exact) mass is 294 g/mol. The first-order valence-electron chi connectivity index (χ1n) is 7.66. The van der Waals surface area contributed by atoms with Gasteiger partial charge in [-0.3, -0.25) is 0 Å². The lowest BCUT2D eigenvalue weighted by molar-refractivity contribution is -0.183.